The number of fused-ring (bicyclic) bond motifs is 1. The van der Waals surface area contributed by atoms with Crippen molar-refractivity contribution in [3.8, 4) is 22.9 Å². The smallest absolute Gasteiger partial charge is 0.283 e. The molecule has 0 bridgehead atoms. The van der Waals surface area contributed by atoms with Gasteiger partial charge in [-0.2, -0.15) is 4.98 Å². The molecule has 164 valence electrons. The molecule has 0 atom stereocenters. The Morgan fingerprint density at radius 1 is 1.12 bits per heavy atom. The van der Waals surface area contributed by atoms with Gasteiger partial charge in [0.05, 0.1) is 23.1 Å². The van der Waals surface area contributed by atoms with Gasteiger partial charge in [0.2, 0.25) is 5.89 Å². The second kappa shape index (κ2) is 8.21. The molecule has 0 radical (unpaired) electrons. The summed E-state index contributed by atoms with van der Waals surface area (Å²) in [5.41, 5.74) is 2.58. The predicted octanol–water partition coefficient (Wildman–Crippen LogP) is 4.42. The third kappa shape index (κ3) is 3.78. The normalized spacial score (nSPS) is 13.8. The fourth-order valence-electron chi connectivity index (χ4n) is 3.87. The first kappa shape index (κ1) is 19.7. The molecule has 0 saturated carbocycles. The molecule has 9 nitrogen and oxygen atoms in total. The number of carbonyl (C=O) groups excluding carboxylic acids is 1. The Labute approximate surface area is 192 Å². The van der Waals surface area contributed by atoms with E-state index >= 15 is 0 Å². The number of hydrogen-bond acceptors (Lipinski definition) is 10. The summed E-state index contributed by atoms with van der Waals surface area (Å²) in [6.07, 6.45) is 7.21. The molecule has 1 fully saturated rings. The van der Waals surface area contributed by atoms with Crippen LogP contribution in [0.2, 0.25) is 0 Å². The van der Waals surface area contributed by atoms with E-state index in [2.05, 4.69) is 20.1 Å². The van der Waals surface area contributed by atoms with Crippen molar-refractivity contribution in [2.24, 2.45) is 0 Å². The lowest BCUT2D eigenvalue weighted by Crippen LogP contribution is -2.16. The standard InChI is InChI=1S/C23H18N6O3S/c30-17(12-19-27-28-22(32-19)18-6-4-10-31-18)15-11-16(14-5-3-7-24-13-14)25-21-20(15)33-23(26-21)29-8-1-2-9-29/h3-7,10-11,13H,1-2,8-9,12H2. The van der Waals surface area contributed by atoms with Crippen LogP contribution in [0.1, 0.15) is 29.1 Å². The average Bonchev–Trinajstić information content (AvgIpc) is 3.64. The number of nitrogens with zero attached hydrogens (tertiary/aromatic N) is 6. The zero-order chi connectivity index (χ0) is 22.2. The first-order valence-corrected chi connectivity index (χ1v) is 11.4. The summed E-state index contributed by atoms with van der Waals surface area (Å²) < 4.78 is 11.7. The largest absolute Gasteiger partial charge is 0.459 e. The first-order valence-electron chi connectivity index (χ1n) is 10.6. The molecule has 1 saturated heterocycles. The number of ketones is 1. The summed E-state index contributed by atoms with van der Waals surface area (Å²) in [6, 6.07) is 9.02. The highest BCUT2D eigenvalue weighted by atomic mass is 32.1. The van der Waals surface area contributed by atoms with Crippen molar-refractivity contribution in [3.63, 3.8) is 0 Å². The molecule has 33 heavy (non-hydrogen) atoms. The van der Waals surface area contributed by atoms with Crippen LogP contribution < -0.4 is 4.90 Å². The molecule has 0 spiro atoms. The monoisotopic (exact) mass is 458 g/mol. The van der Waals surface area contributed by atoms with Crippen molar-refractivity contribution in [2.75, 3.05) is 18.0 Å². The van der Waals surface area contributed by atoms with Gasteiger partial charge in [0.25, 0.3) is 5.89 Å². The van der Waals surface area contributed by atoms with Gasteiger partial charge in [-0.3, -0.25) is 9.78 Å². The number of anilines is 1. The van der Waals surface area contributed by atoms with Crippen LogP contribution in [-0.2, 0) is 6.42 Å². The summed E-state index contributed by atoms with van der Waals surface area (Å²) in [4.78, 5) is 29.4. The molecule has 0 aromatic carbocycles. The molecule has 6 heterocycles. The fourth-order valence-corrected chi connectivity index (χ4v) is 4.96. The number of thiazole rings is 1. The van der Waals surface area contributed by atoms with Crippen LogP contribution >= 0.6 is 11.3 Å². The molecule has 10 heteroatoms. The van der Waals surface area contributed by atoms with E-state index in [4.69, 9.17) is 18.8 Å². The second-order valence-electron chi connectivity index (χ2n) is 7.72. The molecule has 0 unspecified atom stereocenters. The molecule has 0 amide bonds. The van der Waals surface area contributed by atoms with Gasteiger partial charge in [-0.05, 0) is 43.2 Å². The van der Waals surface area contributed by atoms with Gasteiger partial charge >= 0.3 is 0 Å². The van der Waals surface area contributed by atoms with Gasteiger partial charge in [-0.15, -0.1) is 10.2 Å². The molecular formula is C23H18N6O3S. The number of hydrogen-bond donors (Lipinski definition) is 0. The van der Waals surface area contributed by atoms with Crippen molar-refractivity contribution in [1.29, 1.82) is 0 Å². The van der Waals surface area contributed by atoms with Crippen LogP contribution in [-0.4, -0.2) is 44.0 Å². The summed E-state index contributed by atoms with van der Waals surface area (Å²) in [6.45, 7) is 1.94. The van der Waals surface area contributed by atoms with Gasteiger partial charge < -0.3 is 13.7 Å². The molecule has 1 aliphatic heterocycles. The lowest BCUT2D eigenvalue weighted by molar-refractivity contribution is 0.0987. The molecule has 5 aromatic rings. The number of Topliss-reactive ketones (excluding diaryl/α,β-unsaturated/α-hetero) is 1. The van der Waals surface area contributed by atoms with Crippen molar-refractivity contribution in [1.82, 2.24) is 25.1 Å². The van der Waals surface area contributed by atoms with Crippen molar-refractivity contribution >= 4 is 32.6 Å². The first-order chi connectivity index (χ1) is 16.2. The van der Waals surface area contributed by atoms with Gasteiger partial charge in [0, 0.05) is 36.6 Å². The minimum absolute atomic E-state index is 0.0315. The molecule has 6 rings (SSSR count). The van der Waals surface area contributed by atoms with Gasteiger partial charge in [-0.25, -0.2) is 4.98 Å². The summed E-state index contributed by atoms with van der Waals surface area (Å²) in [5.74, 6) is 0.791. The third-order valence-electron chi connectivity index (χ3n) is 5.49. The number of furan rings is 1. The fraction of sp³-hybridized carbons (Fsp3) is 0.217. The zero-order valence-electron chi connectivity index (χ0n) is 17.5. The maximum Gasteiger partial charge on any atom is 0.283 e. The molecule has 0 aliphatic carbocycles. The highest BCUT2D eigenvalue weighted by Gasteiger charge is 2.23. The maximum absolute atomic E-state index is 13.4. The third-order valence-corrected chi connectivity index (χ3v) is 6.63. The highest BCUT2D eigenvalue weighted by molar-refractivity contribution is 7.22. The Kier molecular flexibility index (Phi) is 4.91. The van der Waals surface area contributed by atoms with E-state index in [0.29, 0.717) is 22.7 Å². The Morgan fingerprint density at radius 2 is 2.03 bits per heavy atom. The minimum Gasteiger partial charge on any atom is -0.459 e. The van der Waals surface area contributed by atoms with E-state index in [1.54, 1.807) is 30.6 Å². The van der Waals surface area contributed by atoms with E-state index in [-0.39, 0.29) is 24.0 Å². The van der Waals surface area contributed by atoms with Gasteiger partial charge in [0.1, 0.15) is 0 Å². The Morgan fingerprint density at radius 3 is 2.82 bits per heavy atom. The quantitative estimate of drug-likeness (QED) is 0.341. The van der Waals surface area contributed by atoms with Crippen LogP contribution in [0.5, 0.6) is 0 Å². The number of rotatable bonds is 6. The van der Waals surface area contributed by atoms with Crippen molar-refractivity contribution < 1.29 is 13.6 Å². The second-order valence-corrected chi connectivity index (χ2v) is 8.70. The van der Waals surface area contributed by atoms with E-state index < -0.39 is 0 Å². The summed E-state index contributed by atoms with van der Waals surface area (Å²) >= 11 is 1.50. The SMILES string of the molecule is O=C(Cc1nnc(-c2ccco2)o1)c1cc(-c2cccnc2)nc2nc(N3CCCC3)sc12. The number of carbonyl (C=O) groups is 1. The Balaban J connectivity index is 1.39. The minimum atomic E-state index is -0.140. The zero-order valence-corrected chi connectivity index (χ0v) is 18.3. The lowest BCUT2D eigenvalue weighted by Gasteiger charge is -2.11. The van der Waals surface area contributed by atoms with E-state index in [1.165, 1.54) is 17.6 Å². The van der Waals surface area contributed by atoms with Crippen molar-refractivity contribution in [2.45, 2.75) is 19.3 Å². The van der Waals surface area contributed by atoms with Crippen LogP contribution in [0.15, 0.2) is 57.8 Å². The van der Waals surface area contributed by atoms with Gasteiger partial charge in [0.15, 0.2) is 22.3 Å². The summed E-state index contributed by atoms with van der Waals surface area (Å²) in [5, 5.41) is 8.91. The van der Waals surface area contributed by atoms with E-state index in [1.807, 2.05) is 12.1 Å². The Bertz CT molecular complexity index is 1420. The maximum atomic E-state index is 13.4. The van der Waals surface area contributed by atoms with E-state index in [0.717, 1.165) is 41.3 Å². The van der Waals surface area contributed by atoms with E-state index in [9.17, 15) is 4.79 Å². The van der Waals surface area contributed by atoms with Crippen molar-refractivity contribution in [3.05, 3.63) is 60.4 Å². The van der Waals surface area contributed by atoms with Crippen LogP contribution in [0.4, 0.5) is 5.13 Å². The van der Waals surface area contributed by atoms with Gasteiger partial charge in [-0.1, -0.05) is 11.3 Å². The van der Waals surface area contributed by atoms with Crippen LogP contribution in [0.25, 0.3) is 33.3 Å². The molecular weight excluding hydrogens is 440 g/mol. The topological polar surface area (TPSA) is 111 Å². The highest BCUT2D eigenvalue weighted by Crippen LogP contribution is 2.35. The lowest BCUT2D eigenvalue weighted by atomic mass is 10.1. The van der Waals surface area contributed by atoms with Crippen LogP contribution in [0.3, 0.4) is 0 Å². The molecule has 0 N–H and O–H groups in total. The average molecular weight is 459 g/mol. The number of aromatic nitrogens is 5. The summed E-state index contributed by atoms with van der Waals surface area (Å²) in [7, 11) is 0. The van der Waals surface area contributed by atoms with Crippen LogP contribution in [0, 0.1) is 0 Å². The number of pyridine rings is 2. The Hall–Kier alpha value is -3.92. The predicted molar refractivity (Wildman–Crippen MR) is 122 cm³/mol. The molecule has 5 aromatic heterocycles. The molecule has 1 aliphatic rings.